The second-order valence-corrected chi connectivity index (χ2v) is 6.29. The van der Waals surface area contributed by atoms with Gasteiger partial charge < -0.3 is 5.43 Å². The second-order valence-electron chi connectivity index (χ2n) is 6.29. The van der Waals surface area contributed by atoms with Gasteiger partial charge in [0.05, 0.1) is 11.8 Å². The predicted octanol–water partition coefficient (Wildman–Crippen LogP) is 4.44. The lowest BCUT2D eigenvalue weighted by atomic mass is 9.71. The Morgan fingerprint density at radius 3 is 2.23 bits per heavy atom. The molecule has 2 aromatic carbocycles. The number of fused-ring (bicyclic) bond motifs is 1. The smallest absolute Gasteiger partial charge is 0.0779 e. The quantitative estimate of drug-likeness (QED) is 0.868. The largest absolute Gasteiger partial charge is 0.302 e. The van der Waals surface area contributed by atoms with Gasteiger partial charge in [-0.15, -0.1) is 0 Å². The third kappa shape index (κ3) is 2.25. The minimum absolute atomic E-state index is 0.269. The Balaban J connectivity index is 1.75. The Hall–Kier alpha value is -2.35. The fraction of sp³-hybridized carbons (Fsp3) is 0.250. The van der Waals surface area contributed by atoms with E-state index in [-0.39, 0.29) is 6.04 Å². The van der Waals surface area contributed by atoms with Crippen molar-refractivity contribution in [3.8, 4) is 0 Å². The molecule has 1 heterocycles. The molecule has 110 valence electrons. The van der Waals surface area contributed by atoms with Crippen molar-refractivity contribution in [2.45, 2.75) is 25.3 Å². The highest BCUT2D eigenvalue weighted by atomic mass is 15.3. The Morgan fingerprint density at radius 1 is 0.909 bits per heavy atom. The highest BCUT2D eigenvalue weighted by Gasteiger charge is 2.40. The first-order valence-corrected chi connectivity index (χ1v) is 7.93. The van der Waals surface area contributed by atoms with Gasteiger partial charge in [0, 0.05) is 5.92 Å². The Morgan fingerprint density at radius 2 is 1.55 bits per heavy atom. The number of benzene rings is 2. The third-order valence-corrected chi connectivity index (χ3v) is 4.79. The van der Waals surface area contributed by atoms with Crippen LogP contribution in [0, 0.1) is 5.92 Å². The predicted molar refractivity (Wildman–Crippen MR) is 90.8 cm³/mol. The molecule has 2 aliphatic rings. The maximum absolute atomic E-state index is 4.63. The van der Waals surface area contributed by atoms with Gasteiger partial charge in [0.2, 0.25) is 0 Å². The fourth-order valence-electron chi connectivity index (χ4n) is 3.79. The summed E-state index contributed by atoms with van der Waals surface area (Å²) >= 11 is 0. The van der Waals surface area contributed by atoms with Crippen LogP contribution in [0.25, 0.3) is 0 Å². The highest BCUT2D eigenvalue weighted by Crippen LogP contribution is 2.44. The summed E-state index contributed by atoms with van der Waals surface area (Å²) in [7, 11) is 0. The second kappa shape index (κ2) is 5.45. The molecule has 0 saturated heterocycles. The minimum Gasteiger partial charge on any atom is -0.302 e. The lowest BCUT2D eigenvalue weighted by molar-refractivity contribution is 0.419. The molecule has 0 saturated carbocycles. The molecule has 22 heavy (non-hydrogen) atoms. The molecule has 2 aromatic rings. The van der Waals surface area contributed by atoms with E-state index in [4.69, 9.17) is 0 Å². The van der Waals surface area contributed by atoms with E-state index in [2.05, 4.69) is 84.2 Å². The summed E-state index contributed by atoms with van der Waals surface area (Å²) < 4.78 is 0. The van der Waals surface area contributed by atoms with Crippen LogP contribution in [0.4, 0.5) is 0 Å². The van der Waals surface area contributed by atoms with Gasteiger partial charge in [-0.05, 0) is 36.5 Å². The van der Waals surface area contributed by atoms with Gasteiger partial charge in [-0.3, -0.25) is 0 Å². The molecular formula is C20H20N2. The van der Waals surface area contributed by atoms with Crippen molar-refractivity contribution in [3.63, 3.8) is 0 Å². The van der Waals surface area contributed by atoms with Gasteiger partial charge in [0.15, 0.2) is 0 Å². The van der Waals surface area contributed by atoms with Crippen LogP contribution in [0.2, 0.25) is 0 Å². The van der Waals surface area contributed by atoms with Crippen molar-refractivity contribution in [2.75, 3.05) is 0 Å². The molecule has 0 spiro atoms. The van der Waals surface area contributed by atoms with Gasteiger partial charge in [-0.25, -0.2) is 0 Å². The molecule has 0 amide bonds. The van der Waals surface area contributed by atoms with Crippen LogP contribution in [0.15, 0.2) is 77.4 Å². The van der Waals surface area contributed by atoms with E-state index < -0.39 is 0 Å². The van der Waals surface area contributed by atoms with Crippen LogP contribution >= 0.6 is 0 Å². The lowest BCUT2D eigenvalue weighted by Crippen LogP contribution is -2.29. The first kappa shape index (κ1) is 13.3. The van der Waals surface area contributed by atoms with Gasteiger partial charge >= 0.3 is 0 Å². The van der Waals surface area contributed by atoms with Crippen molar-refractivity contribution in [3.05, 3.63) is 83.4 Å². The van der Waals surface area contributed by atoms with E-state index in [1.807, 2.05) is 0 Å². The minimum atomic E-state index is 0.269. The molecule has 0 bridgehead atoms. The maximum Gasteiger partial charge on any atom is 0.0779 e. The molecule has 3 atom stereocenters. The summed E-state index contributed by atoms with van der Waals surface area (Å²) in [4.78, 5) is 0. The van der Waals surface area contributed by atoms with E-state index in [0.717, 1.165) is 6.42 Å². The lowest BCUT2D eigenvalue weighted by Gasteiger charge is -2.32. The van der Waals surface area contributed by atoms with E-state index in [0.29, 0.717) is 11.8 Å². The molecule has 1 aliphatic heterocycles. The molecular weight excluding hydrogens is 268 g/mol. The van der Waals surface area contributed by atoms with Crippen molar-refractivity contribution in [2.24, 2.45) is 11.0 Å². The maximum atomic E-state index is 4.63. The summed E-state index contributed by atoms with van der Waals surface area (Å²) in [5.74, 6) is 0.902. The van der Waals surface area contributed by atoms with E-state index in [9.17, 15) is 0 Å². The van der Waals surface area contributed by atoms with Crippen LogP contribution in [-0.2, 0) is 0 Å². The topological polar surface area (TPSA) is 24.4 Å². The summed E-state index contributed by atoms with van der Waals surface area (Å²) in [6.45, 7) is 2.21. The number of hydrogen-bond acceptors (Lipinski definition) is 2. The van der Waals surface area contributed by atoms with Gasteiger partial charge in [-0.2, -0.15) is 5.10 Å². The number of nitrogens with one attached hydrogen (secondary N) is 1. The molecule has 2 nitrogen and oxygen atoms in total. The van der Waals surface area contributed by atoms with E-state index >= 15 is 0 Å². The molecule has 2 heteroatoms. The first-order chi connectivity index (χ1) is 10.8. The molecule has 1 aliphatic carbocycles. The van der Waals surface area contributed by atoms with E-state index in [1.165, 1.54) is 22.4 Å². The number of hydrogen-bond donors (Lipinski definition) is 1. The molecule has 4 rings (SSSR count). The molecule has 0 aromatic heterocycles. The zero-order chi connectivity index (χ0) is 14.9. The summed E-state index contributed by atoms with van der Waals surface area (Å²) in [5, 5.41) is 4.63. The SMILES string of the molecule is CC1=CC2=NNC(c3ccccc3)C2C(c2ccccc2)C1. The highest BCUT2D eigenvalue weighted by molar-refractivity contribution is 6.00. The summed E-state index contributed by atoms with van der Waals surface area (Å²) in [5.41, 5.74) is 8.73. The van der Waals surface area contributed by atoms with Crippen LogP contribution in [-0.4, -0.2) is 5.71 Å². The number of nitrogens with zero attached hydrogens (tertiary/aromatic N) is 1. The van der Waals surface area contributed by atoms with Gasteiger partial charge in [-0.1, -0.05) is 66.2 Å². The standard InChI is InChI=1S/C20H20N2/c1-14-12-17(15-8-4-2-5-9-15)19-18(13-14)21-22-20(19)16-10-6-3-7-11-16/h2-11,13,17,19-20,22H,12H2,1H3. The molecule has 1 N–H and O–H groups in total. The van der Waals surface area contributed by atoms with E-state index in [1.54, 1.807) is 0 Å². The normalized spacial score (nSPS) is 26.7. The zero-order valence-corrected chi connectivity index (χ0v) is 12.7. The average molecular weight is 288 g/mol. The summed E-state index contributed by atoms with van der Waals surface area (Å²) in [6.07, 6.45) is 3.37. The van der Waals surface area contributed by atoms with Crippen molar-refractivity contribution in [1.29, 1.82) is 0 Å². The van der Waals surface area contributed by atoms with Gasteiger partial charge in [0.25, 0.3) is 0 Å². The van der Waals surface area contributed by atoms with Crippen molar-refractivity contribution in [1.82, 2.24) is 5.43 Å². The Bertz CT molecular complexity index is 716. The van der Waals surface area contributed by atoms with Crippen LogP contribution in [0.1, 0.15) is 36.4 Å². The monoisotopic (exact) mass is 288 g/mol. The molecule has 0 fully saturated rings. The first-order valence-electron chi connectivity index (χ1n) is 7.93. The fourth-order valence-corrected chi connectivity index (χ4v) is 3.79. The Kier molecular flexibility index (Phi) is 3.30. The number of allylic oxidation sites excluding steroid dienone is 2. The molecule has 0 radical (unpaired) electrons. The van der Waals surface area contributed by atoms with Crippen LogP contribution in [0.5, 0.6) is 0 Å². The van der Waals surface area contributed by atoms with Gasteiger partial charge in [0.1, 0.15) is 0 Å². The number of rotatable bonds is 2. The third-order valence-electron chi connectivity index (χ3n) is 4.79. The van der Waals surface area contributed by atoms with Crippen molar-refractivity contribution >= 4 is 5.71 Å². The summed E-state index contributed by atoms with van der Waals surface area (Å²) in [6, 6.07) is 21.8. The Labute approximate surface area is 131 Å². The zero-order valence-electron chi connectivity index (χ0n) is 12.7. The molecule has 3 unspecified atom stereocenters. The van der Waals surface area contributed by atoms with Crippen LogP contribution < -0.4 is 5.43 Å². The van der Waals surface area contributed by atoms with Crippen molar-refractivity contribution < 1.29 is 0 Å². The average Bonchev–Trinajstić information content (AvgIpc) is 2.99. The number of hydrazone groups is 1. The van der Waals surface area contributed by atoms with Crippen LogP contribution in [0.3, 0.4) is 0 Å².